The predicted octanol–water partition coefficient (Wildman–Crippen LogP) is 5.45. The number of carbonyl (C=O) groups excluding carboxylic acids is 1. The third-order valence-corrected chi connectivity index (χ3v) is 11.3. The molecule has 0 saturated heterocycles. The SMILES string of the molecule is CC(C)[C@@H](CO[Si](C)(C)C(C)(C)C)[C@@H]1C[C@@]2(C)C=C[C@H]1CC2=O. The molecule has 3 aliphatic rings. The summed E-state index contributed by atoms with van der Waals surface area (Å²) in [7, 11) is -1.72. The molecule has 0 radical (unpaired) electrons. The summed E-state index contributed by atoms with van der Waals surface area (Å²) in [6, 6.07) is 0. The molecular formula is C20H36O2Si. The maximum absolute atomic E-state index is 12.3. The van der Waals surface area contributed by atoms with Crippen LogP contribution in [0.2, 0.25) is 18.1 Å². The van der Waals surface area contributed by atoms with E-state index in [2.05, 4.69) is 66.8 Å². The van der Waals surface area contributed by atoms with E-state index in [0.29, 0.717) is 29.5 Å². The second kappa shape index (κ2) is 6.14. The van der Waals surface area contributed by atoms with Gasteiger partial charge in [0.15, 0.2) is 8.32 Å². The zero-order chi connectivity index (χ0) is 17.6. The van der Waals surface area contributed by atoms with Gasteiger partial charge in [-0.05, 0) is 55.1 Å². The second-order valence-electron chi connectivity index (χ2n) is 9.91. The molecule has 3 heteroatoms. The fourth-order valence-electron chi connectivity index (χ4n) is 3.86. The van der Waals surface area contributed by atoms with Crippen molar-refractivity contribution < 1.29 is 9.22 Å². The number of hydrogen-bond acceptors (Lipinski definition) is 2. The summed E-state index contributed by atoms with van der Waals surface area (Å²) in [6.45, 7) is 19.2. The van der Waals surface area contributed by atoms with Crippen molar-refractivity contribution in [3.8, 4) is 0 Å². The Morgan fingerprint density at radius 3 is 2.39 bits per heavy atom. The normalized spacial score (nSPS) is 32.7. The van der Waals surface area contributed by atoms with Gasteiger partial charge in [0.1, 0.15) is 5.78 Å². The molecule has 0 unspecified atom stereocenters. The third kappa shape index (κ3) is 3.66. The van der Waals surface area contributed by atoms with Crippen LogP contribution in [0.25, 0.3) is 0 Å². The quantitative estimate of drug-likeness (QED) is 0.493. The van der Waals surface area contributed by atoms with E-state index in [4.69, 9.17) is 4.43 Å². The summed E-state index contributed by atoms with van der Waals surface area (Å²) in [5.74, 6) is 2.60. The van der Waals surface area contributed by atoms with Crippen molar-refractivity contribution in [1.82, 2.24) is 0 Å². The van der Waals surface area contributed by atoms with Gasteiger partial charge in [0, 0.05) is 18.4 Å². The number of ketones is 1. The van der Waals surface area contributed by atoms with E-state index in [0.717, 1.165) is 19.4 Å². The van der Waals surface area contributed by atoms with Gasteiger partial charge >= 0.3 is 0 Å². The lowest BCUT2D eigenvalue weighted by atomic mass is 9.56. The van der Waals surface area contributed by atoms with Crippen LogP contribution in [-0.2, 0) is 9.22 Å². The van der Waals surface area contributed by atoms with Crippen molar-refractivity contribution in [2.75, 3.05) is 6.61 Å². The summed E-state index contributed by atoms with van der Waals surface area (Å²) in [5.41, 5.74) is -0.219. The molecular weight excluding hydrogens is 300 g/mol. The van der Waals surface area contributed by atoms with E-state index in [1.165, 1.54) is 0 Å². The van der Waals surface area contributed by atoms with Crippen molar-refractivity contribution in [2.45, 2.75) is 72.5 Å². The number of fused-ring (bicyclic) bond motifs is 2. The summed E-state index contributed by atoms with van der Waals surface area (Å²) in [5, 5.41) is 0.252. The van der Waals surface area contributed by atoms with Gasteiger partial charge in [-0.25, -0.2) is 0 Å². The van der Waals surface area contributed by atoms with Crippen molar-refractivity contribution >= 4 is 14.1 Å². The minimum Gasteiger partial charge on any atom is -0.417 e. The second-order valence-corrected chi connectivity index (χ2v) is 14.7. The molecule has 0 heterocycles. The predicted molar refractivity (Wildman–Crippen MR) is 99.9 cm³/mol. The van der Waals surface area contributed by atoms with E-state index in [9.17, 15) is 4.79 Å². The Labute approximate surface area is 144 Å². The molecule has 2 nitrogen and oxygen atoms in total. The Bertz CT molecular complexity index is 486. The summed E-state index contributed by atoms with van der Waals surface area (Å²) < 4.78 is 6.57. The monoisotopic (exact) mass is 336 g/mol. The largest absolute Gasteiger partial charge is 0.417 e. The maximum atomic E-state index is 12.3. The number of Topliss-reactive ketones (excluding diaryl/α,β-unsaturated/α-hetero) is 1. The van der Waals surface area contributed by atoms with Crippen molar-refractivity contribution in [1.29, 1.82) is 0 Å². The van der Waals surface area contributed by atoms with Crippen LogP contribution in [0.15, 0.2) is 12.2 Å². The highest BCUT2D eigenvalue weighted by atomic mass is 28.4. The van der Waals surface area contributed by atoms with Gasteiger partial charge in [0.05, 0.1) is 0 Å². The van der Waals surface area contributed by atoms with Crippen molar-refractivity contribution in [2.24, 2.45) is 29.1 Å². The van der Waals surface area contributed by atoms with Gasteiger partial charge < -0.3 is 4.43 Å². The van der Waals surface area contributed by atoms with E-state index >= 15 is 0 Å². The molecule has 0 spiro atoms. The molecule has 1 fully saturated rings. The molecule has 2 bridgehead atoms. The lowest BCUT2D eigenvalue weighted by molar-refractivity contribution is -0.133. The topological polar surface area (TPSA) is 26.3 Å². The number of carbonyl (C=O) groups is 1. The molecule has 3 aliphatic carbocycles. The van der Waals surface area contributed by atoms with Gasteiger partial charge in [-0.15, -0.1) is 0 Å². The number of allylic oxidation sites excluding steroid dienone is 2. The van der Waals surface area contributed by atoms with Crippen LogP contribution in [0.5, 0.6) is 0 Å². The summed E-state index contributed by atoms with van der Waals surface area (Å²) in [6.07, 6.45) is 6.24. The van der Waals surface area contributed by atoms with Gasteiger partial charge in [0.25, 0.3) is 0 Å². The molecule has 1 saturated carbocycles. The number of rotatable bonds is 5. The van der Waals surface area contributed by atoms with Gasteiger partial charge in [-0.3, -0.25) is 4.79 Å². The first-order valence-corrected chi connectivity index (χ1v) is 12.1. The zero-order valence-corrected chi connectivity index (χ0v) is 17.4. The molecule has 0 aromatic rings. The van der Waals surface area contributed by atoms with Gasteiger partial charge in [0.2, 0.25) is 0 Å². The van der Waals surface area contributed by atoms with E-state index in [-0.39, 0.29) is 10.5 Å². The average molecular weight is 337 g/mol. The molecule has 4 atom stereocenters. The average Bonchev–Trinajstić information content (AvgIpc) is 2.39. The Balaban J connectivity index is 2.12. The first-order valence-electron chi connectivity index (χ1n) is 9.24. The molecule has 0 amide bonds. The first-order chi connectivity index (χ1) is 10.4. The highest BCUT2D eigenvalue weighted by Gasteiger charge is 2.48. The van der Waals surface area contributed by atoms with Crippen LogP contribution in [0.4, 0.5) is 0 Å². The zero-order valence-electron chi connectivity index (χ0n) is 16.4. The molecule has 0 aliphatic heterocycles. The van der Waals surface area contributed by atoms with Crippen molar-refractivity contribution in [3.63, 3.8) is 0 Å². The van der Waals surface area contributed by atoms with Gasteiger partial charge in [-0.1, -0.05) is 46.8 Å². The lowest BCUT2D eigenvalue weighted by Gasteiger charge is -2.48. The molecule has 132 valence electrons. The highest BCUT2D eigenvalue weighted by Crippen LogP contribution is 2.50. The third-order valence-electron chi connectivity index (χ3n) is 6.83. The smallest absolute Gasteiger partial charge is 0.191 e. The molecule has 0 N–H and O–H groups in total. The fraction of sp³-hybridized carbons (Fsp3) is 0.850. The van der Waals surface area contributed by atoms with Crippen LogP contribution < -0.4 is 0 Å². The van der Waals surface area contributed by atoms with Crippen LogP contribution in [0, 0.1) is 29.1 Å². The van der Waals surface area contributed by atoms with Crippen molar-refractivity contribution in [3.05, 3.63) is 12.2 Å². The minimum absolute atomic E-state index is 0.219. The first kappa shape index (κ1) is 18.9. The standard InChI is InChI=1S/C20H36O2Si/c1-14(2)17(13-22-23(7,8)19(3,4)5)16-12-20(6)10-9-15(16)11-18(20)21/h9-10,14-17H,11-13H2,1-8H3/t15-,16+,17+,20+/m0/s1. The Kier molecular flexibility index (Phi) is 5.05. The molecule has 0 aromatic heterocycles. The number of hydrogen-bond donors (Lipinski definition) is 0. The van der Waals surface area contributed by atoms with Crippen LogP contribution in [0.1, 0.15) is 54.4 Å². The highest BCUT2D eigenvalue weighted by molar-refractivity contribution is 6.74. The van der Waals surface area contributed by atoms with Gasteiger partial charge in [-0.2, -0.15) is 0 Å². The Hall–Kier alpha value is -0.413. The van der Waals surface area contributed by atoms with Crippen LogP contribution >= 0.6 is 0 Å². The minimum atomic E-state index is -1.72. The summed E-state index contributed by atoms with van der Waals surface area (Å²) in [4.78, 5) is 12.3. The lowest BCUT2D eigenvalue weighted by Crippen LogP contribution is -2.48. The molecule has 23 heavy (non-hydrogen) atoms. The van der Waals surface area contributed by atoms with Crippen LogP contribution in [0.3, 0.4) is 0 Å². The molecule has 3 rings (SSSR count). The van der Waals surface area contributed by atoms with E-state index < -0.39 is 8.32 Å². The van der Waals surface area contributed by atoms with Crippen LogP contribution in [-0.4, -0.2) is 20.7 Å². The summed E-state index contributed by atoms with van der Waals surface area (Å²) >= 11 is 0. The Morgan fingerprint density at radius 1 is 1.35 bits per heavy atom. The Morgan fingerprint density at radius 2 is 1.96 bits per heavy atom. The fourth-order valence-corrected chi connectivity index (χ4v) is 4.90. The van der Waals surface area contributed by atoms with E-state index in [1.54, 1.807) is 0 Å². The van der Waals surface area contributed by atoms with E-state index in [1.807, 2.05) is 0 Å². The maximum Gasteiger partial charge on any atom is 0.191 e. The molecule has 0 aromatic carbocycles.